The number of esters is 1. The number of aliphatic carboxylic acids is 1. The molecule has 4 nitrogen and oxygen atoms in total. The molecule has 4 heteroatoms. The second-order valence-electron chi connectivity index (χ2n) is 6.25. The fourth-order valence-corrected chi connectivity index (χ4v) is 2.78. The van der Waals surface area contributed by atoms with Crippen LogP contribution in [0.1, 0.15) is 52.9 Å². The first-order valence-electron chi connectivity index (χ1n) is 6.67. The maximum Gasteiger partial charge on any atom is 0.317 e. The molecule has 0 aromatic rings. The van der Waals surface area contributed by atoms with Crippen LogP contribution in [0.3, 0.4) is 0 Å². The Kier molecular flexibility index (Phi) is 5.17. The van der Waals surface area contributed by atoms with Crippen LogP contribution >= 0.6 is 0 Å². The number of rotatable bonds is 5. The van der Waals surface area contributed by atoms with E-state index in [0.717, 1.165) is 6.42 Å². The minimum atomic E-state index is -1.13. The molecular formula is C14H24O4. The fourth-order valence-electron chi connectivity index (χ4n) is 2.78. The van der Waals surface area contributed by atoms with Gasteiger partial charge in [0.05, 0.1) is 6.61 Å². The minimum absolute atomic E-state index is 0.308. The van der Waals surface area contributed by atoms with Gasteiger partial charge in [0.2, 0.25) is 0 Å². The molecule has 1 rings (SSSR count). The van der Waals surface area contributed by atoms with Crippen molar-refractivity contribution in [2.75, 3.05) is 6.61 Å². The van der Waals surface area contributed by atoms with E-state index >= 15 is 0 Å². The van der Waals surface area contributed by atoms with Gasteiger partial charge < -0.3 is 9.84 Å². The largest absolute Gasteiger partial charge is 0.481 e. The highest BCUT2D eigenvalue weighted by molar-refractivity contribution is 5.90. The van der Waals surface area contributed by atoms with E-state index in [-0.39, 0.29) is 0 Å². The molecule has 2 unspecified atom stereocenters. The van der Waals surface area contributed by atoms with E-state index in [1.165, 1.54) is 19.3 Å². The summed E-state index contributed by atoms with van der Waals surface area (Å²) < 4.78 is 5.02. The summed E-state index contributed by atoms with van der Waals surface area (Å²) in [4.78, 5) is 21.5. The molecule has 0 heterocycles. The maximum absolute atomic E-state index is 11.2. The van der Waals surface area contributed by atoms with Crippen molar-refractivity contribution in [3.05, 3.63) is 0 Å². The molecule has 18 heavy (non-hydrogen) atoms. The van der Waals surface area contributed by atoms with Gasteiger partial charge in [-0.25, -0.2) is 0 Å². The summed E-state index contributed by atoms with van der Waals surface area (Å²) in [6.45, 7) is 6.98. The van der Waals surface area contributed by atoms with Crippen molar-refractivity contribution in [1.82, 2.24) is 0 Å². The van der Waals surface area contributed by atoms with Crippen LogP contribution in [0.5, 0.6) is 0 Å². The smallest absolute Gasteiger partial charge is 0.317 e. The van der Waals surface area contributed by atoms with E-state index in [1.807, 2.05) is 0 Å². The number of hydrogen-bond donors (Lipinski definition) is 1. The number of carboxylic acid groups (broad SMARTS) is 1. The Labute approximate surface area is 109 Å². The van der Waals surface area contributed by atoms with Crippen LogP contribution in [0, 0.1) is 17.3 Å². The summed E-state index contributed by atoms with van der Waals surface area (Å²) in [6, 6.07) is 0. The highest BCUT2D eigenvalue weighted by Gasteiger charge is 2.31. The Balaban J connectivity index is 2.34. The first-order chi connectivity index (χ1) is 8.30. The molecule has 1 saturated carbocycles. The van der Waals surface area contributed by atoms with Crippen molar-refractivity contribution in [2.45, 2.75) is 52.9 Å². The van der Waals surface area contributed by atoms with Crippen LogP contribution in [0.25, 0.3) is 0 Å². The Hall–Kier alpha value is -1.06. The third-order valence-electron chi connectivity index (χ3n) is 3.85. The Morgan fingerprint density at radius 3 is 2.67 bits per heavy atom. The lowest BCUT2D eigenvalue weighted by atomic mass is 9.69. The first-order valence-corrected chi connectivity index (χ1v) is 6.67. The normalized spacial score (nSPS) is 24.3. The van der Waals surface area contributed by atoms with Crippen LogP contribution in [0.4, 0.5) is 0 Å². The van der Waals surface area contributed by atoms with Gasteiger partial charge in [0.25, 0.3) is 0 Å². The molecule has 1 aliphatic rings. The molecule has 0 spiro atoms. The van der Waals surface area contributed by atoms with Crippen molar-refractivity contribution >= 4 is 11.9 Å². The highest BCUT2D eigenvalue weighted by Crippen LogP contribution is 2.41. The lowest BCUT2D eigenvalue weighted by Crippen LogP contribution is -2.29. The van der Waals surface area contributed by atoms with Crippen molar-refractivity contribution in [1.29, 1.82) is 0 Å². The summed E-state index contributed by atoms with van der Waals surface area (Å²) in [6.07, 6.45) is 4.29. The summed E-state index contributed by atoms with van der Waals surface area (Å²) in [5, 5.41) is 8.47. The molecule has 2 atom stereocenters. The van der Waals surface area contributed by atoms with Crippen LogP contribution in [-0.2, 0) is 14.3 Å². The summed E-state index contributed by atoms with van der Waals surface area (Å²) in [5.74, 6) is -0.885. The quantitative estimate of drug-likeness (QED) is 0.607. The zero-order chi connectivity index (χ0) is 13.8. The van der Waals surface area contributed by atoms with E-state index in [9.17, 15) is 9.59 Å². The third-order valence-corrected chi connectivity index (χ3v) is 3.85. The van der Waals surface area contributed by atoms with E-state index in [1.54, 1.807) is 0 Å². The van der Waals surface area contributed by atoms with Gasteiger partial charge in [0.15, 0.2) is 0 Å². The average molecular weight is 256 g/mol. The van der Waals surface area contributed by atoms with Crippen LogP contribution in [-0.4, -0.2) is 23.7 Å². The molecule has 0 amide bonds. The Bertz CT molecular complexity index is 309. The molecule has 0 radical (unpaired) electrons. The molecule has 0 saturated heterocycles. The molecule has 0 aromatic heterocycles. The monoisotopic (exact) mass is 256 g/mol. The zero-order valence-corrected chi connectivity index (χ0v) is 11.6. The van der Waals surface area contributed by atoms with E-state index in [2.05, 4.69) is 20.8 Å². The second kappa shape index (κ2) is 6.21. The minimum Gasteiger partial charge on any atom is -0.481 e. The number of carbonyl (C=O) groups is 2. The predicted molar refractivity (Wildman–Crippen MR) is 68.1 cm³/mol. The first kappa shape index (κ1) is 15.0. The van der Waals surface area contributed by atoms with Crippen LogP contribution < -0.4 is 0 Å². The lowest BCUT2D eigenvalue weighted by Gasteiger charge is -2.37. The van der Waals surface area contributed by atoms with E-state index in [4.69, 9.17) is 9.84 Å². The van der Waals surface area contributed by atoms with Crippen molar-refractivity contribution in [3.8, 4) is 0 Å². The molecule has 0 bridgehead atoms. The molecule has 1 N–H and O–H groups in total. The van der Waals surface area contributed by atoms with Crippen molar-refractivity contribution in [2.24, 2.45) is 17.3 Å². The van der Waals surface area contributed by atoms with Gasteiger partial charge in [-0.1, -0.05) is 33.6 Å². The van der Waals surface area contributed by atoms with Gasteiger partial charge in [-0.3, -0.25) is 9.59 Å². The van der Waals surface area contributed by atoms with Gasteiger partial charge in [0, 0.05) is 0 Å². The molecular weight excluding hydrogens is 232 g/mol. The van der Waals surface area contributed by atoms with E-state index in [0.29, 0.717) is 23.9 Å². The van der Waals surface area contributed by atoms with Gasteiger partial charge in [-0.15, -0.1) is 0 Å². The Morgan fingerprint density at radius 2 is 2.11 bits per heavy atom. The number of carbonyl (C=O) groups excluding carboxylic acids is 1. The number of carboxylic acids is 1. The average Bonchev–Trinajstić information content (AvgIpc) is 2.23. The van der Waals surface area contributed by atoms with Crippen molar-refractivity contribution in [3.63, 3.8) is 0 Å². The standard InChI is InChI=1S/C14H24O4/c1-10(9-18-13(17)7-12(15)16)11-5-4-6-14(2,3)8-11/h10-11H,4-9H2,1-3H3,(H,15,16). The predicted octanol–water partition coefficient (Wildman–Crippen LogP) is 2.86. The Morgan fingerprint density at radius 1 is 1.44 bits per heavy atom. The lowest BCUT2D eigenvalue weighted by molar-refractivity contribution is -0.152. The summed E-state index contributed by atoms with van der Waals surface area (Å²) in [5.41, 5.74) is 0.377. The molecule has 1 aliphatic carbocycles. The molecule has 104 valence electrons. The zero-order valence-electron chi connectivity index (χ0n) is 11.6. The van der Waals surface area contributed by atoms with Gasteiger partial charge >= 0.3 is 11.9 Å². The second-order valence-corrected chi connectivity index (χ2v) is 6.25. The summed E-state index contributed by atoms with van der Waals surface area (Å²) >= 11 is 0. The van der Waals surface area contributed by atoms with Crippen molar-refractivity contribution < 1.29 is 19.4 Å². The van der Waals surface area contributed by atoms with Gasteiger partial charge in [0.1, 0.15) is 6.42 Å². The van der Waals surface area contributed by atoms with E-state index < -0.39 is 18.4 Å². The molecule has 1 fully saturated rings. The van der Waals surface area contributed by atoms with Crippen LogP contribution in [0.15, 0.2) is 0 Å². The maximum atomic E-state index is 11.2. The number of hydrogen-bond acceptors (Lipinski definition) is 3. The third kappa shape index (κ3) is 5.07. The SMILES string of the molecule is CC(COC(=O)CC(=O)O)C1CCCC(C)(C)C1. The van der Waals surface area contributed by atoms with Gasteiger partial charge in [-0.05, 0) is 30.1 Å². The highest BCUT2D eigenvalue weighted by atomic mass is 16.5. The van der Waals surface area contributed by atoms with Crippen LogP contribution in [0.2, 0.25) is 0 Å². The van der Waals surface area contributed by atoms with Gasteiger partial charge in [-0.2, -0.15) is 0 Å². The summed E-state index contributed by atoms with van der Waals surface area (Å²) in [7, 11) is 0. The number of ether oxygens (including phenoxy) is 1. The fraction of sp³-hybridized carbons (Fsp3) is 0.857. The molecule has 0 aliphatic heterocycles. The topological polar surface area (TPSA) is 63.6 Å². The molecule has 0 aromatic carbocycles.